The predicted molar refractivity (Wildman–Crippen MR) is 73.9 cm³/mol. The van der Waals surface area contributed by atoms with Crippen molar-refractivity contribution in [1.82, 2.24) is 15.0 Å². The first-order valence-electron chi connectivity index (χ1n) is 5.56. The van der Waals surface area contributed by atoms with Gasteiger partial charge in [-0.25, -0.2) is 9.97 Å². The topological polar surface area (TPSA) is 53.6 Å². The van der Waals surface area contributed by atoms with E-state index in [1.165, 1.54) is 0 Å². The molecule has 0 saturated carbocycles. The van der Waals surface area contributed by atoms with Gasteiger partial charge in [0, 0.05) is 30.4 Å². The number of pyridine rings is 2. The Morgan fingerprint density at radius 3 is 3.06 bits per heavy atom. The van der Waals surface area contributed by atoms with Crippen LogP contribution in [0.25, 0.3) is 22.3 Å². The summed E-state index contributed by atoms with van der Waals surface area (Å²) >= 11 is 5.98. The molecule has 0 aromatic carbocycles. The van der Waals surface area contributed by atoms with Crippen LogP contribution in [0.5, 0.6) is 0 Å². The first kappa shape index (κ1) is 11.0. The molecule has 3 heterocycles. The molecule has 3 aromatic heterocycles. The summed E-state index contributed by atoms with van der Waals surface area (Å²) in [5.74, 6) is 0.830. The van der Waals surface area contributed by atoms with Gasteiger partial charge in [0.2, 0.25) is 0 Å². The van der Waals surface area contributed by atoms with Crippen LogP contribution < -0.4 is 5.32 Å². The van der Waals surface area contributed by atoms with Gasteiger partial charge < -0.3 is 10.3 Å². The Morgan fingerprint density at radius 2 is 2.22 bits per heavy atom. The highest BCUT2D eigenvalue weighted by Crippen LogP contribution is 2.28. The van der Waals surface area contributed by atoms with Gasteiger partial charge in [-0.15, -0.1) is 0 Å². The number of anilines is 1. The van der Waals surface area contributed by atoms with E-state index in [1.54, 1.807) is 6.20 Å². The summed E-state index contributed by atoms with van der Waals surface area (Å²) in [5.41, 5.74) is 2.69. The summed E-state index contributed by atoms with van der Waals surface area (Å²) in [5, 5.41) is 4.62. The molecule has 0 radical (unpaired) electrons. The van der Waals surface area contributed by atoms with Gasteiger partial charge in [-0.1, -0.05) is 17.7 Å². The average Bonchev–Trinajstić information content (AvgIpc) is 2.81. The second kappa shape index (κ2) is 4.31. The van der Waals surface area contributed by atoms with Gasteiger partial charge in [0.05, 0.1) is 10.7 Å². The van der Waals surface area contributed by atoms with Gasteiger partial charge in [0.25, 0.3) is 0 Å². The summed E-state index contributed by atoms with van der Waals surface area (Å²) in [6.07, 6.45) is 3.53. The molecule has 0 spiro atoms. The van der Waals surface area contributed by atoms with Gasteiger partial charge in [-0.3, -0.25) is 0 Å². The minimum absolute atomic E-state index is 0.619. The number of hydrogen-bond acceptors (Lipinski definition) is 3. The molecule has 0 aliphatic heterocycles. The zero-order valence-corrected chi connectivity index (χ0v) is 10.5. The van der Waals surface area contributed by atoms with Crippen molar-refractivity contribution in [3.63, 3.8) is 0 Å². The van der Waals surface area contributed by atoms with Crippen LogP contribution in [-0.4, -0.2) is 22.0 Å². The summed E-state index contributed by atoms with van der Waals surface area (Å²) < 4.78 is 0. The van der Waals surface area contributed by atoms with Crippen molar-refractivity contribution in [3.8, 4) is 11.3 Å². The van der Waals surface area contributed by atoms with Crippen LogP contribution in [0.15, 0.2) is 36.7 Å². The molecule has 2 N–H and O–H groups in total. The van der Waals surface area contributed by atoms with Crippen LogP contribution in [0.1, 0.15) is 0 Å². The highest BCUT2D eigenvalue weighted by molar-refractivity contribution is 6.31. The molecule has 90 valence electrons. The number of nitrogens with zero attached hydrogens (tertiary/aromatic N) is 2. The van der Waals surface area contributed by atoms with E-state index >= 15 is 0 Å². The Hall–Kier alpha value is -2.07. The van der Waals surface area contributed by atoms with E-state index in [4.69, 9.17) is 11.6 Å². The van der Waals surface area contributed by atoms with Crippen LogP contribution in [0.4, 0.5) is 5.82 Å². The fourth-order valence-electron chi connectivity index (χ4n) is 1.91. The van der Waals surface area contributed by atoms with Crippen molar-refractivity contribution < 1.29 is 0 Å². The molecule has 5 heteroatoms. The molecule has 0 saturated heterocycles. The molecule has 0 bridgehead atoms. The summed E-state index contributed by atoms with van der Waals surface area (Å²) in [6, 6.07) is 7.74. The zero-order chi connectivity index (χ0) is 12.5. The van der Waals surface area contributed by atoms with Crippen LogP contribution in [0.3, 0.4) is 0 Å². The van der Waals surface area contributed by atoms with E-state index in [-0.39, 0.29) is 0 Å². The lowest BCUT2D eigenvalue weighted by Crippen LogP contribution is -1.92. The fraction of sp³-hybridized carbons (Fsp3) is 0.0769. The molecule has 0 atom stereocenters. The number of aromatic amines is 1. The van der Waals surface area contributed by atoms with E-state index in [0.29, 0.717) is 5.02 Å². The molecular formula is C13H11ClN4. The number of halogens is 1. The minimum atomic E-state index is 0.619. The first-order chi connectivity index (χ1) is 8.78. The molecule has 18 heavy (non-hydrogen) atoms. The maximum atomic E-state index is 5.98. The molecule has 3 rings (SSSR count). The van der Waals surface area contributed by atoms with Crippen molar-refractivity contribution in [2.24, 2.45) is 0 Å². The van der Waals surface area contributed by atoms with E-state index in [2.05, 4.69) is 20.3 Å². The second-order valence-corrected chi connectivity index (χ2v) is 4.35. The quantitative estimate of drug-likeness (QED) is 0.741. The maximum Gasteiger partial charge on any atom is 0.138 e. The highest BCUT2D eigenvalue weighted by Gasteiger charge is 2.09. The first-order valence-corrected chi connectivity index (χ1v) is 5.93. The zero-order valence-electron chi connectivity index (χ0n) is 9.74. The van der Waals surface area contributed by atoms with Gasteiger partial charge in [-0.2, -0.15) is 0 Å². The van der Waals surface area contributed by atoms with Gasteiger partial charge >= 0.3 is 0 Å². The third kappa shape index (κ3) is 1.80. The lowest BCUT2D eigenvalue weighted by Gasteiger charge is -2.02. The second-order valence-electron chi connectivity index (χ2n) is 3.91. The van der Waals surface area contributed by atoms with Gasteiger partial charge in [0.15, 0.2) is 0 Å². The van der Waals surface area contributed by atoms with E-state index < -0.39 is 0 Å². The third-order valence-corrected chi connectivity index (χ3v) is 2.99. The predicted octanol–water partition coefficient (Wildman–Crippen LogP) is 3.32. The van der Waals surface area contributed by atoms with Crippen molar-refractivity contribution in [3.05, 3.63) is 41.7 Å². The van der Waals surface area contributed by atoms with Gasteiger partial charge in [0.1, 0.15) is 11.5 Å². The van der Waals surface area contributed by atoms with Crippen LogP contribution >= 0.6 is 11.6 Å². The van der Waals surface area contributed by atoms with Crippen molar-refractivity contribution in [2.45, 2.75) is 0 Å². The Labute approximate surface area is 109 Å². The lowest BCUT2D eigenvalue weighted by atomic mass is 10.1. The molecule has 0 amide bonds. The number of hydrogen-bond donors (Lipinski definition) is 2. The van der Waals surface area contributed by atoms with E-state index in [0.717, 1.165) is 28.1 Å². The molecule has 0 aliphatic carbocycles. The minimum Gasteiger partial charge on any atom is -0.373 e. The smallest absolute Gasteiger partial charge is 0.138 e. The fourth-order valence-corrected chi connectivity index (χ4v) is 2.07. The summed E-state index contributed by atoms with van der Waals surface area (Å²) in [7, 11) is 1.85. The molecular weight excluding hydrogens is 248 g/mol. The van der Waals surface area contributed by atoms with Crippen LogP contribution in [0, 0.1) is 0 Å². The summed E-state index contributed by atoms with van der Waals surface area (Å²) in [6.45, 7) is 0. The Morgan fingerprint density at radius 1 is 1.33 bits per heavy atom. The molecule has 4 nitrogen and oxygen atoms in total. The SMILES string of the molecule is CNc1cccc(-c2c[nH]c3ncc(Cl)cc23)n1. The van der Waals surface area contributed by atoms with Crippen molar-refractivity contribution >= 4 is 28.5 Å². The standard InChI is InChI=1S/C13H11ClN4/c1-15-12-4-2-3-11(18-12)10-7-17-13-9(10)5-8(14)6-16-13/h2-7H,1H3,(H,15,18)(H,16,17). The number of H-pyrrole nitrogens is 1. The average molecular weight is 259 g/mol. The maximum absolute atomic E-state index is 5.98. The molecule has 3 aromatic rings. The van der Waals surface area contributed by atoms with Crippen LogP contribution in [0.2, 0.25) is 5.02 Å². The van der Waals surface area contributed by atoms with E-state index in [1.807, 2.05) is 37.5 Å². The lowest BCUT2D eigenvalue weighted by molar-refractivity contribution is 1.29. The Balaban J connectivity index is 2.21. The molecule has 0 unspecified atom stereocenters. The number of nitrogens with one attached hydrogen (secondary N) is 2. The third-order valence-electron chi connectivity index (χ3n) is 2.78. The Bertz CT molecular complexity index is 705. The highest BCUT2D eigenvalue weighted by atomic mass is 35.5. The Kier molecular flexibility index (Phi) is 2.64. The summed E-state index contributed by atoms with van der Waals surface area (Å²) in [4.78, 5) is 11.9. The monoisotopic (exact) mass is 258 g/mol. The van der Waals surface area contributed by atoms with Crippen molar-refractivity contribution in [2.75, 3.05) is 12.4 Å². The largest absolute Gasteiger partial charge is 0.373 e. The number of fused-ring (bicyclic) bond motifs is 1. The van der Waals surface area contributed by atoms with Gasteiger partial charge in [-0.05, 0) is 18.2 Å². The van der Waals surface area contributed by atoms with E-state index in [9.17, 15) is 0 Å². The number of rotatable bonds is 2. The van der Waals surface area contributed by atoms with Crippen molar-refractivity contribution in [1.29, 1.82) is 0 Å². The molecule has 0 aliphatic rings. The van der Waals surface area contributed by atoms with Crippen LogP contribution in [-0.2, 0) is 0 Å². The number of aromatic nitrogens is 3. The molecule has 0 fully saturated rings. The normalized spacial score (nSPS) is 10.8.